The van der Waals surface area contributed by atoms with Crippen LogP contribution >= 0.6 is 0 Å². The zero-order valence-corrected chi connectivity index (χ0v) is 10.7. The second kappa shape index (κ2) is 7.06. The summed E-state index contributed by atoms with van der Waals surface area (Å²) in [5.74, 6) is -1.23. The van der Waals surface area contributed by atoms with E-state index in [0.717, 1.165) is 6.07 Å². The summed E-state index contributed by atoms with van der Waals surface area (Å²) in [7, 11) is 0. The van der Waals surface area contributed by atoms with Gasteiger partial charge in [0, 0.05) is 31.3 Å². The van der Waals surface area contributed by atoms with Crippen molar-refractivity contribution in [1.29, 1.82) is 0 Å². The fourth-order valence-corrected chi connectivity index (χ4v) is 1.66. The first kappa shape index (κ1) is 14.6. The van der Waals surface area contributed by atoms with Crippen molar-refractivity contribution in [2.75, 3.05) is 19.6 Å². The van der Waals surface area contributed by atoms with E-state index in [4.69, 9.17) is 0 Å². The number of carbonyl (C=O) groups excluding carboxylic acids is 1. The second-order valence-electron chi connectivity index (χ2n) is 3.91. The molecule has 0 atom stereocenters. The summed E-state index contributed by atoms with van der Waals surface area (Å²) in [6.45, 7) is 5.48. The Balaban J connectivity index is 2.44. The first-order valence-corrected chi connectivity index (χ1v) is 6.00. The highest BCUT2D eigenvalue weighted by Gasteiger charge is 2.09. The molecule has 3 nitrogen and oxygen atoms in total. The Hall–Kier alpha value is -1.49. The third-order valence-electron chi connectivity index (χ3n) is 2.72. The third-order valence-corrected chi connectivity index (χ3v) is 2.72. The first-order chi connectivity index (χ1) is 8.58. The van der Waals surface area contributed by atoms with Gasteiger partial charge < -0.3 is 10.2 Å². The molecular formula is C13H18F2N2O. The maximum atomic E-state index is 13.3. The Morgan fingerprint density at radius 1 is 1.28 bits per heavy atom. The minimum atomic E-state index is -0.601. The van der Waals surface area contributed by atoms with E-state index in [9.17, 15) is 13.6 Å². The molecule has 0 saturated heterocycles. The van der Waals surface area contributed by atoms with Gasteiger partial charge in [-0.15, -0.1) is 0 Å². The van der Waals surface area contributed by atoms with Crippen LogP contribution in [0.15, 0.2) is 18.2 Å². The van der Waals surface area contributed by atoms with Crippen molar-refractivity contribution in [2.24, 2.45) is 0 Å². The van der Waals surface area contributed by atoms with Crippen LogP contribution in [0.1, 0.15) is 19.4 Å². The molecule has 1 rings (SSSR count). The predicted octanol–water partition coefficient (Wildman–Crippen LogP) is 1.92. The molecule has 0 bridgehead atoms. The van der Waals surface area contributed by atoms with Gasteiger partial charge in [-0.1, -0.05) is 6.07 Å². The molecule has 1 amide bonds. The van der Waals surface area contributed by atoms with Crippen LogP contribution in [0, 0.1) is 11.6 Å². The smallest absolute Gasteiger partial charge is 0.236 e. The monoisotopic (exact) mass is 256 g/mol. The van der Waals surface area contributed by atoms with Crippen LogP contribution in [0.3, 0.4) is 0 Å². The van der Waals surface area contributed by atoms with Gasteiger partial charge in [0.25, 0.3) is 0 Å². The van der Waals surface area contributed by atoms with Crippen molar-refractivity contribution in [1.82, 2.24) is 10.2 Å². The maximum Gasteiger partial charge on any atom is 0.236 e. The average Bonchev–Trinajstić information content (AvgIpc) is 2.33. The Labute approximate surface area is 106 Å². The van der Waals surface area contributed by atoms with Crippen molar-refractivity contribution in [3.63, 3.8) is 0 Å². The predicted molar refractivity (Wildman–Crippen MR) is 66.0 cm³/mol. The first-order valence-electron chi connectivity index (χ1n) is 6.00. The van der Waals surface area contributed by atoms with Crippen molar-refractivity contribution in [2.45, 2.75) is 20.4 Å². The second-order valence-corrected chi connectivity index (χ2v) is 3.91. The normalized spacial score (nSPS) is 10.4. The Kier molecular flexibility index (Phi) is 5.71. The van der Waals surface area contributed by atoms with Crippen LogP contribution in [0.5, 0.6) is 0 Å². The van der Waals surface area contributed by atoms with Crippen LogP contribution in [-0.2, 0) is 11.3 Å². The standard InChI is InChI=1S/C13H18F2N2O/c1-3-17(4-2)13(18)9-16-8-10-5-6-11(14)7-12(10)15/h5-7,16H,3-4,8-9H2,1-2H3. The van der Waals surface area contributed by atoms with Gasteiger partial charge in [-0.3, -0.25) is 4.79 Å². The van der Waals surface area contributed by atoms with Gasteiger partial charge in [-0.05, 0) is 19.9 Å². The number of benzene rings is 1. The third kappa shape index (κ3) is 4.07. The zero-order valence-electron chi connectivity index (χ0n) is 10.7. The summed E-state index contributed by atoms with van der Waals surface area (Å²) in [5.41, 5.74) is 0.351. The molecule has 0 aliphatic rings. The van der Waals surface area contributed by atoms with Crippen LogP contribution in [0.2, 0.25) is 0 Å². The van der Waals surface area contributed by atoms with Gasteiger partial charge in [0.05, 0.1) is 6.54 Å². The highest BCUT2D eigenvalue weighted by Crippen LogP contribution is 2.08. The van der Waals surface area contributed by atoms with Crippen molar-refractivity contribution >= 4 is 5.91 Å². The minimum absolute atomic E-state index is 0.0254. The molecule has 100 valence electrons. The van der Waals surface area contributed by atoms with E-state index in [1.54, 1.807) is 4.90 Å². The van der Waals surface area contributed by atoms with Crippen LogP contribution in [-0.4, -0.2) is 30.4 Å². The maximum absolute atomic E-state index is 13.3. The SMILES string of the molecule is CCN(CC)C(=O)CNCc1ccc(F)cc1F. The molecule has 0 aliphatic heterocycles. The number of likely N-dealkylation sites (N-methyl/N-ethyl adjacent to an activating group) is 1. The molecule has 0 aromatic heterocycles. The van der Waals surface area contributed by atoms with Gasteiger partial charge in [-0.25, -0.2) is 8.78 Å². The van der Waals surface area contributed by atoms with E-state index in [0.29, 0.717) is 18.7 Å². The quantitative estimate of drug-likeness (QED) is 0.843. The number of hydrogen-bond acceptors (Lipinski definition) is 2. The number of rotatable bonds is 6. The fraction of sp³-hybridized carbons (Fsp3) is 0.462. The molecule has 0 aliphatic carbocycles. The lowest BCUT2D eigenvalue weighted by Gasteiger charge is -2.18. The summed E-state index contributed by atoms with van der Waals surface area (Å²) in [4.78, 5) is 13.3. The van der Waals surface area contributed by atoms with E-state index >= 15 is 0 Å². The topological polar surface area (TPSA) is 32.3 Å². The van der Waals surface area contributed by atoms with Crippen LogP contribution in [0.4, 0.5) is 8.78 Å². The highest BCUT2D eigenvalue weighted by molar-refractivity contribution is 5.78. The van der Waals surface area contributed by atoms with Gasteiger partial charge in [-0.2, -0.15) is 0 Å². The Morgan fingerprint density at radius 3 is 2.50 bits per heavy atom. The molecular weight excluding hydrogens is 238 g/mol. The molecule has 18 heavy (non-hydrogen) atoms. The molecule has 0 fully saturated rings. The average molecular weight is 256 g/mol. The van der Waals surface area contributed by atoms with E-state index in [-0.39, 0.29) is 19.0 Å². The number of amides is 1. The van der Waals surface area contributed by atoms with Gasteiger partial charge in [0.2, 0.25) is 5.91 Å². The van der Waals surface area contributed by atoms with Crippen molar-refractivity contribution in [3.8, 4) is 0 Å². The summed E-state index contributed by atoms with van der Waals surface area (Å²) < 4.78 is 26.0. The summed E-state index contributed by atoms with van der Waals surface area (Å²) in [6.07, 6.45) is 0. The summed E-state index contributed by atoms with van der Waals surface area (Å²) >= 11 is 0. The Morgan fingerprint density at radius 2 is 1.94 bits per heavy atom. The number of nitrogens with zero attached hydrogens (tertiary/aromatic N) is 1. The molecule has 0 spiro atoms. The van der Waals surface area contributed by atoms with Gasteiger partial charge in [0.1, 0.15) is 11.6 Å². The molecule has 1 N–H and O–H groups in total. The zero-order chi connectivity index (χ0) is 13.5. The lowest BCUT2D eigenvalue weighted by molar-refractivity contribution is -0.129. The van der Waals surface area contributed by atoms with Crippen molar-refractivity contribution in [3.05, 3.63) is 35.4 Å². The van der Waals surface area contributed by atoms with E-state index in [1.807, 2.05) is 13.8 Å². The molecule has 1 aromatic carbocycles. The van der Waals surface area contributed by atoms with E-state index in [2.05, 4.69) is 5.32 Å². The molecule has 0 heterocycles. The van der Waals surface area contributed by atoms with E-state index < -0.39 is 11.6 Å². The van der Waals surface area contributed by atoms with Gasteiger partial charge in [0.15, 0.2) is 0 Å². The number of nitrogens with one attached hydrogen (secondary N) is 1. The number of halogens is 2. The molecule has 5 heteroatoms. The fourth-order valence-electron chi connectivity index (χ4n) is 1.66. The minimum Gasteiger partial charge on any atom is -0.342 e. The Bertz CT molecular complexity index is 406. The lowest BCUT2D eigenvalue weighted by Crippen LogP contribution is -2.37. The summed E-state index contributed by atoms with van der Waals surface area (Å²) in [5, 5.41) is 2.86. The van der Waals surface area contributed by atoms with Gasteiger partial charge >= 0.3 is 0 Å². The lowest BCUT2D eigenvalue weighted by atomic mass is 10.2. The van der Waals surface area contributed by atoms with E-state index in [1.165, 1.54) is 12.1 Å². The number of carbonyl (C=O) groups is 1. The number of hydrogen-bond donors (Lipinski definition) is 1. The largest absolute Gasteiger partial charge is 0.342 e. The van der Waals surface area contributed by atoms with Crippen LogP contribution < -0.4 is 5.32 Å². The molecule has 0 saturated carbocycles. The van der Waals surface area contributed by atoms with Crippen LogP contribution in [0.25, 0.3) is 0 Å². The molecule has 0 unspecified atom stereocenters. The van der Waals surface area contributed by atoms with Crippen molar-refractivity contribution < 1.29 is 13.6 Å². The molecule has 1 aromatic rings. The summed E-state index contributed by atoms with van der Waals surface area (Å²) in [6, 6.07) is 3.41. The highest BCUT2D eigenvalue weighted by atomic mass is 19.1. The molecule has 0 radical (unpaired) electrons.